The Labute approximate surface area is 210 Å². The van der Waals surface area contributed by atoms with Gasteiger partial charge in [0.15, 0.2) is 17.3 Å². The number of methoxy groups -OCH3 is 1. The van der Waals surface area contributed by atoms with E-state index >= 15 is 0 Å². The second kappa shape index (κ2) is 10.6. The molecule has 0 unspecified atom stereocenters. The van der Waals surface area contributed by atoms with E-state index in [9.17, 15) is 4.79 Å². The highest BCUT2D eigenvalue weighted by Crippen LogP contribution is 2.50. The van der Waals surface area contributed by atoms with Gasteiger partial charge >= 0.3 is 0 Å². The first-order chi connectivity index (χ1) is 16.7. The summed E-state index contributed by atoms with van der Waals surface area (Å²) < 4.78 is 17.0. The molecule has 0 N–H and O–H groups in total. The molecule has 5 heteroatoms. The Morgan fingerprint density at radius 1 is 1.29 bits per heavy atom. The molecule has 5 nitrogen and oxygen atoms in total. The third-order valence-electron chi connectivity index (χ3n) is 8.06. The van der Waals surface area contributed by atoms with Crippen LogP contribution in [0.3, 0.4) is 0 Å². The molecule has 0 saturated heterocycles. The Bertz CT molecular complexity index is 1060. The first-order valence-electron chi connectivity index (χ1n) is 13.0. The highest BCUT2D eigenvalue weighted by atomic mass is 16.7. The fourth-order valence-electron chi connectivity index (χ4n) is 5.99. The van der Waals surface area contributed by atoms with E-state index in [1.165, 1.54) is 30.4 Å². The number of hydrogen-bond donors (Lipinski definition) is 0. The van der Waals surface area contributed by atoms with E-state index in [-0.39, 0.29) is 18.6 Å². The zero-order valence-corrected chi connectivity index (χ0v) is 22.3. The number of fused-ring (bicyclic) bond motifs is 2. The minimum Gasteiger partial charge on any atom is -0.492 e. The molecule has 1 aliphatic carbocycles. The molecule has 0 bridgehead atoms. The second-order valence-electron chi connectivity index (χ2n) is 11.0. The fraction of sp³-hybridized carbons (Fsp3) is 0.567. The second-order valence-corrected chi connectivity index (χ2v) is 11.0. The van der Waals surface area contributed by atoms with Gasteiger partial charge in [0.05, 0.1) is 7.11 Å². The molecule has 4 rings (SSSR count). The molecular formula is C30H41NO4. The highest BCUT2D eigenvalue weighted by Gasteiger charge is 2.34. The van der Waals surface area contributed by atoms with Gasteiger partial charge in [-0.25, -0.2) is 0 Å². The van der Waals surface area contributed by atoms with Crippen molar-refractivity contribution in [1.82, 2.24) is 4.90 Å². The predicted octanol–water partition coefficient (Wildman–Crippen LogP) is 6.72. The van der Waals surface area contributed by atoms with Gasteiger partial charge in [-0.2, -0.15) is 0 Å². The summed E-state index contributed by atoms with van der Waals surface area (Å²) in [4.78, 5) is 15.2. The summed E-state index contributed by atoms with van der Waals surface area (Å²) in [7, 11) is 3.73. The minimum absolute atomic E-state index is 0.0473. The van der Waals surface area contributed by atoms with Crippen LogP contribution in [0.15, 0.2) is 41.0 Å². The molecule has 1 atom stereocenters. The maximum atomic E-state index is 13.0. The van der Waals surface area contributed by atoms with Gasteiger partial charge in [0, 0.05) is 24.6 Å². The topological polar surface area (TPSA) is 48.0 Å². The molecule has 35 heavy (non-hydrogen) atoms. The third kappa shape index (κ3) is 5.50. The van der Waals surface area contributed by atoms with Gasteiger partial charge in [-0.05, 0) is 82.5 Å². The van der Waals surface area contributed by atoms with Crippen molar-refractivity contribution in [2.45, 2.75) is 78.7 Å². The molecular weight excluding hydrogens is 438 g/mol. The summed E-state index contributed by atoms with van der Waals surface area (Å²) >= 11 is 0. The average Bonchev–Trinajstić information content (AvgIpc) is 3.27. The van der Waals surface area contributed by atoms with Crippen LogP contribution in [0.4, 0.5) is 0 Å². The van der Waals surface area contributed by atoms with E-state index < -0.39 is 0 Å². The number of rotatable bonds is 8. The number of allylic oxidation sites excluding steroid dienone is 6. The minimum atomic E-state index is -0.0473. The van der Waals surface area contributed by atoms with Crippen molar-refractivity contribution in [3.05, 3.63) is 52.1 Å². The maximum absolute atomic E-state index is 13.0. The first kappa shape index (κ1) is 25.6. The van der Waals surface area contributed by atoms with Crippen LogP contribution in [0.5, 0.6) is 17.2 Å². The lowest BCUT2D eigenvalue weighted by atomic mass is 9.71. The third-order valence-corrected chi connectivity index (χ3v) is 8.06. The van der Waals surface area contributed by atoms with Gasteiger partial charge in [0.25, 0.3) is 0 Å². The number of ether oxygens (including phenoxy) is 3. The largest absolute Gasteiger partial charge is 0.492 e. The highest BCUT2D eigenvalue weighted by molar-refractivity contribution is 5.90. The van der Waals surface area contributed by atoms with E-state index in [2.05, 4.69) is 51.8 Å². The van der Waals surface area contributed by atoms with Gasteiger partial charge in [-0.15, -0.1) is 0 Å². The molecule has 1 aromatic carbocycles. The maximum Gasteiger partial charge on any atom is 0.231 e. The van der Waals surface area contributed by atoms with Crippen molar-refractivity contribution in [2.75, 3.05) is 27.5 Å². The van der Waals surface area contributed by atoms with Crippen molar-refractivity contribution in [2.24, 2.45) is 5.41 Å². The molecule has 0 saturated carbocycles. The number of ketones is 1. The number of carbonyl (C=O) groups is 1. The summed E-state index contributed by atoms with van der Waals surface area (Å²) in [6, 6.07) is 2.01. The first-order valence-corrected chi connectivity index (χ1v) is 13.0. The molecule has 0 amide bonds. The van der Waals surface area contributed by atoms with Gasteiger partial charge in [-0.3, -0.25) is 9.69 Å². The molecule has 190 valence electrons. The lowest BCUT2D eigenvalue weighted by molar-refractivity contribution is -0.115. The van der Waals surface area contributed by atoms with Crippen LogP contribution in [-0.4, -0.2) is 38.2 Å². The quantitative estimate of drug-likeness (QED) is 0.235. The van der Waals surface area contributed by atoms with Crippen LogP contribution in [0.2, 0.25) is 0 Å². The number of hydrogen-bond acceptors (Lipinski definition) is 5. The van der Waals surface area contributed by atoms with E-state index in [0.29, 0.717) is 23.3 Å². The van der Waals surface area contributed by atoms with Gasteiger partial charge in [0.2, 0.25) is 12.5 Å². The molecule has 2 heterocycles. The van der Waals surface area contributed by atoms with Crippen LogP contribution < -0.4 is 14.2 Å². The van der Waals surface area contributed by atoms with Gasteiger partial charge < -0.3 is 14.2 Å². The van der Waals surface area contributed by atoms with Crippen molar-refractivity contribution < 1.29 is 19.0 Å². The smallest absolute Gasteiger partial charge is 0.231 e. The van der Waals surface area contributed by atoms with Crippen molar-refractivity contribution in [1.29, 1.82) is 0 Å². The van der Waals surface area contributed by atoms with Gasteiger partial charge in [-0.1, -0.05) is 42.7 Å². The van der Waals surface area contributed by atoms with Crippen LogP contribution >= 0.6 is 0 Å². The number of likely N-dealkylation sites (N-methyl/N-ethyl adjacent to an activating group) is 1. The Balaban J connectivity index is 1.42. The normalized spacial score (nSPS) is 22.0. The van der Waals surface area contributed by atoms with Gasteiger partial charge in [0.1, 0.15) is 0 Å². The number of nitrogens with zero attached hydrogens (tertiary/aromatic N) is 1. The van der Waals surface area contributed by atoms with Crippen molar-refractivity contribution >= 4 is 5.78 Å². The van der Waals surface area contributed by atoms with E-state index in [1.54, 1.807) is 24.3 Å². The van der Waals surface area contributed by atoms with E-state index in [1.807, 2.05) is 6.08 Å². The molecule has 0 fully saturated rings. The van der Waals surface area contributed by atoms with Crippen molar-refractivity contribution in [3.8, 4) is 17.2 Å². The summed E-state index contributed by atoms with van der Waals surface area (Å²) in [5.41, 5.74) is 7.06. The summed E-state index contributed by atoms with van der Waals surface area (Å²) in [5.74, 6) is 2.21. The molecule has 2 aliphatic heterocycles. The molecule has 0 radical (unpaired) electrons. The Morgan fingerprint density at radius 2 is 2.09 bits per heavy atom. The lowest BCUT2D eigenvalue weighted by Crippen LogP contribution is -2.33. The van der Waals surface area contributed by atoms with E-state index in [0.717, 1.165) is 37.1 Å². The van der Waals surface area contributed by atoms with Crippen LogP contribution in [0.1, 0.15) is 83.4 Å². The zero-order valence-electron chi connectivity index (χ0n) is 22.3. The predicted molar refractivity (Wildman–Crippen MR) is 140 cm³/mol. The standard InChI is InChI=1S/C30H41NO4/c1-20(12-13-24-21(2)10-8-15-30(24,3)4)9-7-11-23(32)18-25-27-22(14-16-31(25)5)17-26-28(29(27)33-6)35-19-34-26/h7,9,11,17,25H,8,10,12-16,18-19H2,1-6H3/b11-7+,20-9-/t25-/m0/s1. The molecule has 1 aromatic rings. The van der Waals surface area contributed by atoms with Crippen LogP contribution in [-0.2, 0) is 11.2 Å². The number of carbonyl (C=O) groups excluding carboxylic acids is 1. The summed E-state index contributed by atoms with van der Waals surface area (Å²) in [5, 5.41) is 0. The Morgan fingerprint density at radius 3 is 2.83 bits per heavy atom. The lowest BCUT2D eigenvalue weighted by Gasteiger charge is -2.35. The van der Waals surface area contributed by atoms with Crippen molar-refractivity contribution in [3.63, 3.8) is 0 Å². The number of benzene rings is 1. The Kier molecular flexibility index (Phi) is 7.75. The molecule has 3 aliphatic rings. The monoisotopic (exact) mass is 479 g/mol. The fourth-order valence-corrected chi connectivity index (χ4v) is 5.99. The average molecular weight is 480 g/mol. The Hall–Kier alpha value is -2.53. The molecule has 0 aromatic heterocycles. The molecule has 0 spiro atoms. The summed E-state index contributed by atoms with van der Waals surface area (Å²) in [6.07, 6.45) is 13.0. The van der Waals surface area contributed by atoms with Crippen LogP contribution in [0.25, 0.3) is 0 Å². The van der Waals surface area contributed by atoms with E-state index in [4.69, 9.17) is 14.2 Å². The summed E-state index contributed by atoms with van der Waals surface area (Å²) in [6.45, 7) is 10.3. The van der Waals surface area contributed by atoms with Crippen LogP contribution in [0, 0.1) is 5.41 Å². The SMILES string of the molecule is COc1c2c(cc3c1[C@H](CC(=O)/C=C/C=C(/C)CCC1=C(C)CCCC1(C)C)N(C)CC3)OCO2. The zero-order chi connectivity index (χ0) is 25.2.